The van der Waals surface area contributed by atoms with Crippen LogP contribution in [0.25, 0.3) is 0 Å². The molecule has 1 atom stereocenters. The van der Waals surface area contributed by atoms with Gasteiger partial charge in [-0.05, 0) is 38.5 Å². The van der Waals surface area contributed by atoms with Crippen molar-refractivity contribution in [3.05, 3.63) is 0 Å². The third kappa shape index (κ3) is 2.73. The topological polar surface area (TPSA) is 12.0 Å². The SMILES string of the molecule is C[C@@H](NC1CCC1)C1CCCCCC1. The molecule has 1 nitrogen and oxygen atoms in total. The molecule has 0 heterocycles. The fourth-order valence-corrected chi connectivity index (χ4v) is 2.89. The fourth-order valence-electron chi connectivity index (χ4n) is 2.89. The van der Waals surface area contributed by atoms with Crippen LogP contribution in [-0.2, 0) is 0 Å². The summed E-state index contributed by atoms with van der Waals surface area (Å²) in [5, 5.41) is 3.81. The summed E-state index contributed by atoms with van der Waals surface area (Å²) in [5.41, 5.74) is 0. The van der Waals surface area contributed by atoms with Gasteiger partial charge in [0, 0.05) is 12.1 Å². The molecule has 0 radical (unpaired) electrons. The summed E-state index contributed by atoms with van der Waals surface area (Å²) in [7, 11) is 0. The molecule has 2 rings (SSSR count). The Morgan fingerprint density at radius 3 is 2.00 bits per heavy atom. The van der Waals surface area contributed by atoms with Crippen LogP contribution in [0.2, 0.25) is 0 Å². The highest BCUT2D eigenvalue weighted by Gasteiger charge is 2.24. The molecular weight excluding hydrogens is 170 g/mol. The average Bonchev–Trinajstić information content (AvgIpc) is 2.38. The Morgan fingerprint density at radius 2 is 1.50 bits per heavy atom. The van der Waals surface area contributed by atoms with Crippen LogP contribution in [-0.4, -0.2) is 12.1 Å². The quantitative estimate of drug-likeness (QED) is 0.680. The molecule has 0 aromatic rings. The van der Waals surface area contributed by atoms with Gasteiger partial charge in [-0.2, -0.15) is 0 Å². The minimum Gasteiger partial charge on any atom is -0.311 e. The Bertz CT molecular complexity index is 155. The smallest absolute Gasteiger partial charge is 0.00696 e. The van der Waals surface area contributed by atoms with Gasteiger partial charge in [0.25, 0.3) is 0 Å². The standard InChI is InChI=1S/C13H25N/c1-11(14-13-9-6-10-13)12-7-4-2-3-5-8-12/h11-14H,2-10H2,1H3/t11-/m1/s1. The molecule has 0 unspecified atom stereocenters. The first-order valence-corrected chi connectivity index (χ1v) is 6.62. The fraction of sp³-hybridized carbons (Fsp3) is 1.00. The highest BCUT2D eigenvalue weighted by atomic mass is 15.0. The van der Waals surface area contributed by atoms with Gasteiger partial charge in [0.2, 0.25) is 0 Å². The zero-order chi connectivity index (χ0) is 9.80. The predicted octanol–water partition coefficient (Wildman–Crippen LogP) is 3.49. The van der Waals surface area contributed by atoms with E-state index in [1.54, 1.807) is 0 Å². The summed E-state index contributed by atoms with van der Waals surface area (Å²) in [6.45, 7) is 2.41. The molecule has 2 aliphatic rings. The zero-order valence-corrected chi connectivity index (χ0v) is 9.60. The lowest BCUT2D eigenvalue weighted by Gasteiger charge is -2.33. The molecule has 0 aliphatic heterocycles. The molecule has 2 aliphatic carbocycles. The normalized spacial score (nSPS) is 28.1. The summed E-state index contributed by atoms with van der Waals surface area (Å²) in [6, 6.07) is 1.65. The van der Waals surface area contributed by atoms with Crippen molar-refractivity contribution < 1.29 is 0 Å². The lowest BCUT2D eigenvalue weighted by Crippen LogP contribution is -2.44. The first kappa shape index (κ1) is 10.5. The molecule has 0 spiro atoms. The van der Waals surface area contributed by atoms with Gasteiger partial charge in [-0.15, -0.1) is 0 Å². The monoisotopic (exact) mass is 195 g/mol. The van der Waals surface area contributed by atoms with Crippen molar-refractivity contribution >= 4 is 0 Å². The minimum atomic E-state index is 0.776. The minimum absolute atomic E-state index is 0.776. The van der Waals surface area contributed by atoms with Crippen LogP contribution in [0.1, 0.15) is 64.7 Å². The predicted molar refractivity (Wildman–Crippen MR) is 61.4 cm³/mol. The van der Waals surface area contributed by atoms with E-state index in [0.717, 1.165) is 18.0 Å². The van der Waals surface area contributed by atoms with E-state index in [1.807, 2.05) is 0 Å². The number of nitrogens with one attached hydrogen (secondary N) is 1. The maximum atomic E-state index is 3.81. The summed E-state index contributed by atoms with van der Waals surface area (Å²) in [4.78, 5) is 0. The van der Waals surface area contributed by atoms with E-state index in [0.29, 0.717) is 0 Å². The van der Waals surface area contributed by atoms with E-state index in [1.165, 1.54) is 57.8 Å². The number of hydrogen-bond donors (Lipinski definition) is 1. The van der Waals surface area contributed by atoms with Crippen LogP contribution in [0.4, 0.5) is 0 Å². The van der Waals surface area contributed by atoms with Gasteiger partial charge in [0.1, 0.15) is 0 Å². The lowest BCUT2D eigenvalue weighted by atomic mass is 9.88. The largest absolute Gasteiger partial charge is 0.311 e. The lowest BCUT2D eigenvalue weighted by molar-refractivity contribution is 0.252. The number of rotatable bonds is 3. The molecule has 0 saturated heterocycles. The van der Waals surface area contributed by atoms with Crippen molar-refractivity contribution in [2.75, 3.05) is 0 Å². The highest BCUT2D eigenvalue weighted by Crippen LogP contribution is 2.27. The molecule has 0 amide bonds. The highest BCUT2D eigenvalue weighted by molar-refractivity contribution is 4.83. The Balaban J connectivity index is 1.73. The summed E-state index contributed by atoms with van der Waals surface area (Å²) in [6.07, 6.45) is 13.2. The van der Waals surface area contributed by atoms with Crippen LogP contribution in [0.3, 0.4) is 0 Å². The van der Waals surface area contributed by atoms with E-state index in [2.05, 4.69) is 12.2 Å². The van der Waals surface area contributed by atoms with E-state index < -0.39 is 0 Å². The maximum Gasteiger partial charge on any atom is 0.00696 e. The summed E-state index contributed by atoms with van der Waals surface area (Å²) < 4.78 is 0. The molecule has 0 aromatic heterocycles. The maximum absolute atomic E-state index is 3.81. The van der Waals surface area contributed by atoms with Gasteiger partial charge in [-0.1, -0.05) is 32.1 Å². The Kier molecular flexibility index (Phi) is 3.86. The van der Waals surface area contributed by atoms with Crippen molar-refractivity contribution in [2.45, 2.75) is 76.8 Å². The summed E-state index contributed by atoms with van der Waals surface area (Å²) >= 11 is 0. The molecule has 2 fully saturated rings. The van der Waals surface area contributed by atoms with Crippen LogP contribution in [0, 0.1) is 5.92 Å². The Morgan fingerprint density at radius 1 is 0.857 bits per heavy atom. The molecule has 82 valence electrons. The van der Waals surface area contributed by atoms with Crippen molar-refractivity contribution in [1.29, 1.82) is 0 Å². The van der Waals surface area contributed by atoms with Crippen molar-refractivity contribution in [3.8, 4) is 0 Å². The first-order valence-electron chi connectivity index (χ1n) is 6.62. The van der Waals surface area contributed by atoms with Gasteiger partial charge in [0.05, 0.1) is 0 Å². The average molecular weight is 195 g/mol. The molecule has 0 bridgehead atoms. The van der Waals surface area contributed by atoms with Crippen LogP contribution in [0.15, 0.2) is 0 Å². The van der Waals surface area contributed by atoms with Crippen molar-refractivity contribution in [2.24, 2.45) is 5.92 Å². The summed E-state index contributed by atoms with van der Waals surface area (Å²) in [5.74, 6) is 0.970. The van der Waals surface area contributed by atoms with E-state index in [9.17, 15) is 0 Å². The molecule has 0 aromatic carbocycles. The molecule has 1 heteroatoms. The number of hydrogen-bond acceptors (Lipinski definition) is 1. The van der Waals surface area contributed by atoms with Gasteiger partial charge >= 0.3 is 0 Å². The molecule has 1 N–H and O–H groups in total. The van der Waals surface area contributed by atoms with E-state index >= 15 is 0 Å². The first-order chi connectivity index (χ1) is 6.86. The van der Waals surface area contributed by atoms with Crippen molar-refractivity contribution in [3.63, 3.8) is 0 Å². The molecular formula is C13H25N. The molecule has 14 heavy (non-hydrogen) atoms. The second kappa shape index (κ2) is 5.16. The van der Waals surface area contributed by atoms with Crippen LogP contribution in [0.5, 0.6) is 0 Å². The van der Waals surface area contributed by atoms with Crippen molar-refractivity contribution in [1.82, 2.24) is 5.32 Å². The second-order valence-corrected chi connectivity index (χ2v) is 5.33. The third-order valence-corrected chi connectivity index (χ3v) is 4.21. The van der Waals surface area contributed by atoms with Gasteiger partial charge in [-0.3, -0.25) is 0 Å². The third-order valence-electron chi connectivity index (χ3n) is 4.21. The van der Waals surface area contributed by atoms with Gasteiger partial charge < -0.3 is 5.32 Å². The van der Waals surface area contributed by atoms with E-state index in [-0.39, 0.29) is 0 Å². The molecule has 2 saturated carbocycles. The van der Waals surface area contributed by atoms with Gasteiger partial charge in [0.15, 0.2) is 0 Å². The van der Waals surface area contributed by atoms with Crippen LogP contribution < -0.4 is 5.32 Å². The van der Waals surface area contributed by atoms with E-state index in [4.69, 9.17) is 0 Å². The second-order valence-electron chi connectivity index (χ2n) is 5.33. The van der Waals surface area contributed by atoms with Crippen LogP contribution >= 0.6 is 0 Å². The van der Waals surface area contributed by atoms with Gasteiger partial charge in [-0.25, -0.2) is 0 Å². The Hall–Kier alpha value is -0.0400. The Labute approximate surface area is 88.7 Å². The zero-order valence-electron chi connectivity index (χ0n) is 9.60.